The maximum atomic E-state index is 12.1. The second-order valence-electron chi connectivity index (χ2n) is 5.61. The molecule has 0 radical (unpaired) electrons. The summed E-state index contributed by atoms with van der Waals surface area (Å²) >= 11 is 5.97. The number of nitrogens with zero attached hydrogens (tertiary/aromatic N) is 1. The molecule has 1 amide bonds. The lowest BCUT2D eigenvalue weighted by Gasteiger charge is -2.27. The molecule has 0 aliphatic heterocycles. The summed E-state index contributed by atoms with van der Waals surface area (Å²) in [5.41, 5.74) is 0.829. The van der Waals surface area contributed by atoms with Crippen LogP contribution < -0.4 is 10.1 Å². The van der Waals surface area contributed by atoms with Gasteiger partial charge >= 0.3 is 0 Å². The molecule has 0 spiro atoms. The zero-order chi connectivity index (χ0) is 16.7. The number of nitrogens with one attached hydrogen (secondary N) is 1. The number of aliphatic hydroxyl groups excluding tert-OH is 1. The van der Waals surface area contributed by atoms with Crippen molar-refractivity contribution in [3.05, 3.63) is 28.8 Å². The van der Waals surface area contributed by atoms with Crippen LogP contribution in [0.3, 0.4) is 0 Å². The van der Waals surface area contributed by atoms with Gasteiger partial charge in [-0.3, -0.25) is 9.69 Å². The zero-order valence-electron chi connectivity index (χ0n) is 13.6. The minimum atomic E-state index is -0.469. The van der Waals surface area contributed by atoms with Crippen LogP contribution in [0, 0.1) is 0 Å². The molecule has 1 rings (SSSR count). The van der Waals surface area contributed by atoms with Crippen LogP contribution in [0.5, 0.6) is 5.75 Å². The van der Waals surface area contributed by atoms with Crippen LogP contribution in [0.2, 0.25) is 5.02 Å². The highest BCUT2D eigenvalue weighted by Crippen LogP contribution is 2.22. The fourth-order valence-electron chi connectivity index (χ4n) is 2.12. The average molecular weight is 329 g/mol. The Morgan fingerprint density at radius 1 is 1.41 bits per heavy atom. The van der Waals surface area contributed by atoms with Crippen LogP contribution >= 0.6 is 11.6 Å². The Morgan fingerprint density at radius 3 is 2.64 bits per heavy atom. The Bertz CT molecular complexity index is 492. The minimum Gasteiger partial charge on any atom is -0.496 e. The molecule has 1 unspecified atom stereocenters. The number of rotatable bonds is 8. The third-order valence-corrected chi connectivity index (χ3v) is 3.53. The predicted molar refractivity (Wildman–Crippen MR) is 88.2 cm³/mol. The summed E-state index contributed by atoms with van der Waals surface area (Å²) in [6.45, 7) is 6.76. The van der Waals surface area contributed by atoms with Crippen molar-refractivity contribution in [3.8, 4) is 5.75 Å². The summed E-state index contributed by atoms with van der Waals surface area (Å²) in [5, 5.41) is 12.9. The van der Waals surface area contributed by atoms with Gasteiger partial charge in [-0.1, -0.05) is 11.6 Å². The molecule has 0 bridgehead atoms. The number of hydrogen-bond acceptors (Lipinski definition) is 4. The molecule has 5 nitrogen and oxygen atoms in total. The van der Waals surface area contributed by atoms with Gasteiger partial charge in [0, 0.05) is 29.7 Å². The van der Waals surface area contributed by atoms with Crippen LogP contribution in [0.1, 0.15) is 26.3 Å². The Hall–Kier alpha value is -1.30. The van der Waals surface area contributed by atoms with E-state index < -0.39 is 6.10 Å². The summed E-state index contributed by atoms with van der Waals surface area (Å²) in [4.78, 5) is 14.0. The van der Waals surface area contributed by atoms with Crippen molar-refractivity contribution < 1.29 is 14.6 Å². The summed E-state index contributed by atoms with van der Waals surface area (Å²) in [7, 11) is 1.58. The standard InChI is InChI=1S/C16H25ClN2O3/c1-11(2)19(9-12(3)20)10-16(21)18-8-13-7-14(17)5-6-15(13)22-4/h5-7,11-12,20H,8-10H2,1-4H3,(H,18,21). The maximum Gasteiger partial charge on any atom is 0.234 e. The lowest BCUT2D eigenvalue weighted by Crippen LogP contribution is -2.43. The van der Waals surface area contributed by atoms with E-state index >= 15 is 0 Å². The second kappa shape index (κ2) is 8.98. The first-order chi connectivity index (χ1) is 10.3. The van der Waals surface area contributed by atoms with E-state index in [1.165, 1.54) is 0 Å². The van der Waals surface area contributed by atoms with E-state index in [0.717, 1.165) is 5.56 Å². The molecule has 1 aromatic carbocycles. The third kappa shape index (κ3) is 6.22. The van der Waals surface area contributed by atoms with Crippen LogP contribution in [0.25, 0.3) is 0 Å². The van der Waals surface area contributed by atoms with Gasteiger partial charge in [-0.15, -0.1) is 0 Å². The van der Waals surface area contributed by atoms with Gasteiger partial charge in [0.25, 0.3) is 0 Å². The number of carbonyl (C=O) groups is 1. The van der Waals surface area contributed by atoms with E-state index in [0.29, 0.717) is 23.9 Å². The Morgan fingerprint density at radius 2 is 2.09 bits per heavy atom. The molecule has 0 fully saturated rings. The van der Waals surface area contributed by atoms with Crippen molar-refractivity contribution in [2.24, 2.45) is 0 Å². The molecular formula is C16H25ClN2O3. The van der Waals surface area contributed by atoms with E-state index in [-0.39, 0.29) is 18.5 Å². The van der Waals surface area contributed by atoms with E-state index in [4.69, 9.17) is 16.3 Å². The lowest BCUT2D eigenvalue weighted by atomic mass is 10.2. The van der Waals surface area contributed by atoms with Gasteiger partial charge in [-0.25, -0.2) is 0 Å². The number of aliphatic hydroxyl groups is 1. The molecule has 22 heavy (non-hydrogen) atoms. The highest BCUT2D eigenvalue weighted by Gasteiger charge is 2.16. The van der Waals surface area contributed by atoms with Crippen molar-refractivity contribution in [1.82, 2.24) is 10.2 Å². The molecule has 1 aromatic rings. The van der Waals surface area contributed by atoms with Crippen LogP contribution in [-0.2, 0) is 11.3 Å². The topological polar surface area (TPSA) is 61.8 Å². The van der Waals surface area contributed by atoms with Gasteiger partial charge in [-0.05, 0) is 39.0 Å². The summed E-state index contributed by atoms with van der Waals surface area (Å²) in [6.07, 6.45) is -0.469. The maximum absolute atomic E-state index is 12.1. The molecule has 0 aromatic heterocycles. The molecule has 0 saturated carbocycles. The van der Waals surface area contributed by atoms with E-state index in [2.05, 4.69) is 5.32 Å². The fraction of sp³-hybridized carbons (Fsp3) is 0.562. The highest BCUT2D eigenvalue weighted by molar-refractivity contribution is 6.30. The van der Waals surface area contributed by atoms with Crippen LogP contribution in [-0.4, -0.2) is 48.3 Å². The Labute approximate surface area is 137 Å². The molecule has 0 heterocycles. The average Bonchev–Trinajstić information content (AvgIpc) is 2.44. The molecule has 6 heteroatoms. The monoisotopic (exact) mass is 328 g/mol. The molecule has 124 valence electrons. The number of amides is 1. The predicted octanol–water partition coefficient (Wildman–Crippen LogP) is 2.06. The van der Waals surface area contributed by atoms with Crippen molar-refractivity contribution >= 4 is 17.5 Å². The van der Waals surface area contributed by atoms with E-state index in [9.17, 15) is 9.90 Å². The number of benzene rings is 1. The molecular weight excluding hydrogens is 304 g/mol. The van der Waals surface area contributed by atoms with Crippen molar-refractivity contribution in [1.29, 1.82) is 0 Å². The van der Waals surface area contributed by atoms with Gasteiger partial charge in [0.15, 0.2) is 0 Å². The zero-order valence-corrected chi connectivity index (χ0v) is 14.4. The number of hydrogen-bond donors (Lipinski definition) is 2. The fourth-order valence-corrected chi connectivity index (χ4v) is 2.31. The summed E-state index contributed by atoms with van der Waals surface area (Å²) < 4.78 is 5.25. The van der Waals surface area contributed by atoms with Gasteiger partial charge in [0.1, 0.15) is 5.75 Å². The van der Waals surface area contributed by atoms with Crippen molar-refractivity contribution in [2.75, 3.05) is 20.2 Å². The first kappa shape index (κ1) is 18.7. The van der Waals surface area contributed by atoms with Crippen LogP contribution in [0.4, 0.5) is 0 Å². The first-order valence-corrected chi connectivity index (χ1v) is 7.72. The third-order valence-electron chi connectivity index (χ3n) is 3.29. The highest BCUT2D eigenvalue weighted by atomic mass is 35.5. The Balaban J connectivity index is 2.60. The number of halogens is 1. The Kier molecular flexibility index (Phi) is 7.65. The number of methoxy groups -OCH3 is 1. The smallest absolute Gasteiger partial charge is 0.234 e. The number of carbonyl (C=O) groups excluding carboxylic acids is 1. The summed E-state index contributed by atoms with van der Waals surface area (Å²) in [6, 6.07) is 5.48. The first-order valence-electron chi connectivity index (χ1n) is 7.34. The van der Waals surface area contributed by atoms with E-state index in [1.807, 2.05) is 18.7 Å². The molecule has 0 saturated heterocycles. The van der Waals surface area contributed by atoms with Gasteiger partial charge in [-0.2, -0.15) is 0 Å². The summed E-state index contributed by atoms with van der Waals surface area (Å²) in [5.74, 6) is 0.589. The van der Waals surface area contributed by atoms with E-state index in [1.54, 1.807) is 32.2 Å². The SMILES string of the molecule is COc1ccc(Cl)cc1CNC(=O)CN(CC(C)O)C(C)C. The van der Waals surface area contributed by atoms with Gasteiger partial charge < -0.3 is 15.2 Å². The molecule has 2 N–H and O–H groups in total. The molecule has 0 aliphatic carbocycles. The molecule has 1 atom stereocenters. The van der Waals surface area contributed by atoms with Crippen molar-refractivity contribution in [3.63, 3.8) is 0 Å². The number of ether oxygens (including phenoxy) is 1. The second-order valence-corrected chi connectivity index (χ2v) is 6.04. The minimum absolute atomic E-state index is 0.101. The largest absolute Gasteiger partial charge is 0.496 e. The van der Waals surface area contributed by atoms with Gasteiger partial charge in [0.2, 0.25) is 5.91 Å². The van der Waals surface area contributed by atoms with Crippen molar-refractivity contribution in [2.45, 2.75) is 39.5 Å². The lowest BCUT2D eigenvalue weighted by molar-refractivity contribution is -0.123. The van der Waals surface area contributed by atoms with Gasteiger partial charge in [0.05, 0.1) is 19.8 Å². The van der Waals surface area contributed by atoms with Crippen LogP contribution in [0.15, 0.2) is 18.2 Å². The quantitative estimate of drug-likeness (QED) is 0.767. The normalized spacial score (nSPS) is 12.5. The molecule has 0 aliphatic rings.